The van der Waals surface area contributed by atoms with E-state index >= 15 is 0 Å². The van der Waals surface area contributed by atoms with E-state index < -0.39 is 11.0 Å². The lowest BCUT2D eigenvalue weighted by Gasteiger charge is -2.64. The Morgan fingerprint density at radius 2 is 1.62 bits per heavy atom. The van der Waals surface area contributed by atoms with E-state index in [1.807, 2.05) is 20.8 Å². The van der Waals surface area contributed by atoms with Gasteiger partial charge < -0.3 is 10.5 Å². The van der Waals surface area contributed by atoms with Gasteiger partial charge in [-0.05, 0) is 84.5 Å². The van der Waals surface area contributed by atoms with Crippen molar-refractivity contribution < 1.29 is 14.3 Å². The summed E-state index contributed by atoms with van der Waals surface area (Å²) in [5.74, 6) is 0.836. The van der Waals surface area contributed by atoms with Crippen molar-refractivity contribution in [3.05, 3.63) is 0 Å². The Morgan fingerprint density at radius 1 is 1.08 bits per heavy atom. The molecule has 4 aliphatic carbocycles. The van der Waals surface area contributed by atoms with Gasteiger partial charge in [0.05, 0.1) is 10.8 Å². The molecule has 0 spiro atoms. The molecule has 2 N–H and O–H groups in total. The maximum Gasteiger partial charge on any atom is 0.312 e. The molecule has 0 aromatic rings. The summed E-state index contributed by atoms with van der Waals surface area (Å²) in [7, 11) is 0. The van der Waals surface area contributed by atoms with Gasteiger partial charge in [0.2, 0.25) is 5.91 Å². The van der Waals surface area contributed by atoms with Crippen LogP contribution in [0.4, 0.5) is 0 Å². The molecule has 0 radical (unpaired) electrons. The summed E-state index contributed by atoms with van der Waals surface area (Å²) in [6.07, 6.45) is 6.74. The van der Waals surface area contributed by atoms with Crippen molar-refractivity contribution in [1.82, 2.24) is 0 Å². The molecule has 2 atom stereocenters. The lowest BCUT2D eigenvalue weighted by atomic mass is 9.41. The molecule has 2 unspecified atom stereocenters. The minimum atomic E-state index is -0.561. The van der Waals surface area contributed by atoms with Gasteiger partial charge in [0.25, 0.3) is 0 Å². The van der Waals surface area contributed by atoms with Crippen molar-refractivity contribution in [2.75, 3.05) is 0 Å². The molecule has 4 rings (SSSR count). The Balaban J connectivity index is 1.90. The van der Waals surface area contributed by atoms with Crippen LogP contribution in [0.15, 0.2) is 0 Å². The normalized spacial score (nSPS) is 38.2. The number of nitrogens with two attached hydrogens (primary N) is 1. The number of hydrogen-bond donors (Lipinski definition) is 1. The summed E-state index contributed by atoms with van der Waals surface area (Å²) >= 11 is 0. The Bertz CT molecular complexity index is 549. The Kier molecular flexibility index (Phi) is 3.86. The van der Waals surface area contributed by atoms with Crippen LogP contribution in [-0.4, -0.2) is 17.5 Å². The lowest BCUT2D eigenvalue weighted by Crippen LogP contribution is -2.63. The molecule has 4 bridgehead atoms. The highest BCUT2D eigenvalue weighted by molar-refractivity contribution is 5.81. The van der Waals surface area contributed by atoms with Crippen molar-refractivity contribution >= 4 is 11.9 Å². The summed E-state index contributed by atoms with van der Waals surface area (Å²) < 4.78 is 6.11. The number of primary amides is 1. The van der Waals surface area contributed by atoms with Gasteiger partial charge in [-0.1, -0.05) is 6.92 Å². The van der Waals surface area contributed by atoms with Crippen molar-refractivity contribution in [3.63, 3.8) is 0 Å². The quantitative estimate of drug-likeness (QED) is 0.777. The van der Waals surface area contributed by atoms with Crippen LogP contribution in [0, 0.1) is 28.1 Å². The number of amides is 1. The SMILES string of the molecule is CCC(C)(C)C(=O)OC(C)(C)C12CC3CC(CC(C(N)=O)(C3)C1)C2. The third-order valence-electron chi connectivity index (χ3n) is 7.65. The van der Waals surface area contributed by atoms with Crippen molar-refractivity contribution in [3.8, 4) is 0 Å². The first-order valence-corrected chi connectivity index (χ1v) is 9.49. The number of carbonyl (C=O) groups excluding carboxylic acids is 2. The molecule has 0 heterocycles. The van der Waals surface area contributed by atoms with Gasteiger partial charge in [0.15, 0.2) is 0 Å². The highest BCUT2D eigenvalue weighted by Crippen LogP contribution is 2.68. The Labute approximate surface area is 145 Å². The fourth-order valence-electron chi connectivity index (χ4n) is 5.88. The zero-order chi connectivity index (χ0) is 18.0. The third-order valence-corrected chi connectivity index (χ3v) is 7.65. The fourth-order valence-corrected chi connectivity index (χ4v) is 5.88. The fraction of sp³-hybridized carbons (Fsp3) is 0.900. The first-order chi connectivity index (χ1) is 11.0. The average Bonchev–Trinajstić information content (AvgIpc) is 2.45. The van der Waals surface area contributed by atoms with E-state index in [0.29, 0.717) is 11.8 Å². The Morgan fingerprint density at radius 3 is 2.08 bits per heavy atom. The minimum absolute atomic E-state index is 0.106. The summed E-state index contributed by atoms with van der Waals surface area (Å²) in [5.41, 5.74) is 4.33. The van der Waals surface area contributed by atoms with Crippen LogP contribution in [-0.2, 0) is 14.3 Å². The zero-order valence-electron chi connectivity index (χ0n) is 15.9. The molecule has 1 amide bonds. The van der Waals surface area contributed by atoms with Crippen molar-refractivity contribution in [2.45, 2.75) is 85.2 Å². The molecule has 0 aliphatic heterocycles. The maximum atomic E-state index is 12.7. The van der Waals surface area contributed by atoms with E-state index in [2.05, 4.69) is 13.8 Å². The monoisotopic (exact) mass is 335 g/mol. The van der Waals surface area contributed by atoms with E-state index in [1.54, 1.807) is 0 Å². The number of ether oxygens (including phenoxy) is 1. The van der Waals surface area contributed by atoms with Gasteiger partial charge >= 0.3 is 5.97 Å². The smallest absolute Gasteiger partial charge is 0.312 e. The standard InChI is InChI=1S/C20H33NO3/c1-6-17(2,3)16(23)24-18(4,5)20-10-13-7-14(11-20)9-19(8-13,12-20)15(21)22/h13-14H,6-12H2,1-5H3,(H2,21,22). The van der Waals surface area contributed by atoms with E-state index in [9.17, 15) is 9.59 Å². The molecule has 4 heteroatoms. The molecular weight excluding hydrogens is 302 g/mol. The summed E-state index contributed by atoms with van der Waals surface area (Å²) in [5, 5.41) is 0. The molecule has 4 saturated carbocycles. The number of carbonyl (C=O) groups is 2. The molecule has 0 aromatic carbocycles. The van der Waals surface area contributed by atoms with E-state index in [0.717, 1.165) is 38.5 Å². The molecule has 0 saturated heterocycles. The molecule has 0 aromatic heterocycles. The first kappa shape index (κ1) is 17.8. The molecule has 4 fully saturated rings. The average molecular weight is 335 g/mol. The minimum Gasteiger partial charge on any atom is -0.459 e. The van der Waals surface area contributed by atoms with Gasteiger partial charge in [-0.15, -0.1) is 0 Å². The summed E-state index contributed by atoms with van der Waals surface area (Å²) in [4.78, 5) is 25.0. The van der Waals surface area contributed by atoms with Crippen LogP contribution < -0.4 is 5.73 Å². The predicted octanol–water partition coefficient (Wildman–Crippen LogP) is 3.82. The van der Waals surface area contributed by atoms with Gasteiger partial charge in [-0.3, -0.25) is 9.59 Å². The summed E-state index contributed by atoms with van der Waals surface area (Å²) in [6, 6.07) is 0. The second-order valence-electron chi connectivity index (χ2n) is 10.0. The second kappa shape index (κ2) is 5.22. The van der Waals surface area contributed by atoms with E-state index in [4.69, 9.17) is 10.5 Å². The van der Waals surface area contributed by atoms with Crippen LogP contribution in [0.1, 0.15) is 79.6 Å². The largest absolute Gasteiger partial charge is 0.459 e. The van der Waals surface area contributed by atoms with Gasteiger partial charge in [-0.25, -0.2) is 0 Å². The zero-order valence-corrected chi connectivity index (χ0v) is 15.9. The summed E-state index contributed by atoms with van der Waals surface area (Å²) in [6.45, 7) is 10.0. The number of hydrogen-bond acceptors (Lipinski definition) is 3. The highest BCUT2D eigenvalue weighted by atomic mass is 16.6. The van der Waals surface area contributed by atoms with Crippen LogP contribution in [0.2, 0.25) is 0 Å². The third kappa shape index (κ3) is 2.48. The van der Waals surface area contributed by atoms with Gasteiger partial charge in [-0.2, -0.15) is 0 Å². The van der Waals surface area contributed by atoms with Gasteiger partial charge in [0, 0.05) is 5.41 Å². The highest BCUT2D eigenvalue weighted by Gasteiger charge is 2.65. The van der Waals surface area contributed by atoms with Crippen LogP contribution in [0.25, 0.3) is 0 Å². The number of esters is 1. The van der Waals surface area contributed by atoms with Crippen molar-refractivity contribution in [1.29, 1.82) is 0 Å². The van der Waals surface area contributed by atoms with Gasteiger partial charge in [0.1, 0.15) is 5.60 Å². The van der Waals surface area contributed by atoms with Crippen LogP contribution in [0.3, 0.4) is 0 Å². The van der Waals surface area contributed by atoms with Crippen LogP contribution in [0.5, 0.6) is 0 Å². The van der Waals surface area contributed by atoms with E-state index in [1.165, 1.54) is 6.42 Å². The Hall–Kier alpha value is -1.06. The lowest BCUT2D eigenvalue weighted by molar-refractivity contribution is -0.218. The molecule has 4 aliphatic rings. The second-order valence-corrected chi connectivity index (χ2v) is 10.0. The molecular formula is C20H33NO3. The van der Waals surface area contributed by atoms with Crippen LogP contribution >= 0.6 is 0 Å². The number of rotatable bonds is 5. The first-order valence-electron chi connectivity index (χ1n) is 9.49. The topological polar surface area (TPSA) is 69.4 Å². The molecule has 4 nitrogen and oxygen atoms in total. The maximum absolute atomic E-state index is 12.7. The van der Waals surface area contributed by atoms with Crippen molar-refractivity contribution in [2.24, 2.45) is 33.8 Å². The predicted molar refractivity (Wildman–Crippen MR) is 93.0 cm³/mol. The molecule has 136 valence electrons. The van der Waals surface area contributed by atoms with E-state index in [-0.39, 0.29) is 22.7 Å². The molecule has 24 heavy (non-hydrogen) atoms.